The quantitative estimate of drug-likeness (QED) is 0.804. The van der Waals surface area contributed by atoms with Crippen LogP contribution < -0.4 is 5.32 Å². The number of anilines is 1. The highest BCUT2D eigenvalue weighted by molar-refractivity contribution is 5.92. The van der Waals surface area contributed by atoms with E-state index in [9.17, 15) is 9.90 Å². The number of aliphatic hydroxyl groups is 1. The molecule has 2 aliphatic rings. The van der Waals surface area contributed by atoms with E-state index in [4.69, 9.17) is 0 Å². The smallest absolute Gasteiger partial charge is 0.274 e. The molecule has 1 aliphatic carbocycles. The molecule has 1 amide bonds. The molecule has 6 nitrogen and oxygen atoms in total. The van der Waals surface area contributed by atoms with Crippen LogP contribution in [-0.4, -0.2) is 52.1 Å². The standard InChI is InChI=1S/C13H18N4O2/c1-14-12-5-15-4-10(16-12)13(19)17-6-8-2-3-11(18)9(8)7-17/h4-5,8-9,11,18H,2-3,6-7H2,1H3,(H,14,16). The fourth-order valence-electron chi connectivity index (χ4n) is 3.15. The van der Waals surface area contributed by atoms with Gasteiger partial charge < -0.3 is 15.3 Å². The molecule has 3 atom stereocenters. The summed E-state index contributed by atoms with van der Waals surface area (Å²) >= 11 is 0. The minimum absolute atomic E-state index is 0.0915. The molecule has 2 N–H and O–H groups in total. The zero-order chi connectivity index (χ0) is 13.4. The van der Waals surface area contributed by atoms with Crippen molar-refractivity contribution in [2.75, 3.05) is 25.5 Å². The van der Waals surface area contributed by atoms with E-state index in [2.05, 4.69) is 15.3 Å². The average molecular weight is 262 g/mol. The Morgan fingerprint density at radius 3 is 3.00 bits per heavy atom. The lowest BCUT2D eigenvalue weighted by Gasteiger charge is -2.18. The zero-order valence-electron chi connectivity index (χ0n) is 10.9. The summed E-state index contributed by atoms with van der Waals surface area (Å²) in [6.07, 6.45) is 4.70. The molecule has 2 heterocycles. The summed E-state index contributed by atoms with van der Waals surface area (Å²) in [6.45, 7) is 1.36. The van der Waals surface area contributed by atoms with Crippen LogP contribution in [0.25, 0.3) is 0 Å². The predicted octanol–water partition coefficient (Wildman–Crippen LogP) is 0.361. The molecule has 19 heavy (non-hydrogen) atoms. The Hall–Kier alpha value is -1.69. The number of hydrogen-bond acceptors (Lipinski definition) is 5. The molecule has 0 radical (unpaired) electrons. The average Bonchev–Trinajstić information content (AvgIpc) is 3.01. The van der Waals surface area contributed by atoms with Crippen molar-refractivity contribution >= 4 is 11.7 Å². The summed E-state index contributed by atoms with van der Waals surface area (Å²) in [5.41, 5.74) is 0.362. The lowest BCUT2D eigenvalue weighted by molar-refractivity contribution is 0.0746. The van der Waals surface area contributed by atoms with Crippen molar-refractivity contribution in [3.05, 3.63) is 18.1 Å². The summed E-state index contributed by atoms with van der Waals surface area (Å²) in [6, 6.07) is 0. The normalized spacial score (nSPS) is 29.4. The van der Waals surface area contributed by atoms with Gasteiger partial charge in [-0.1, -0.05) is 0 Å². The highest BCUT2D eigenvalue weighted by Gasteiger charge is 2.43. The van der Waals surface area contributed by atoms with E-state index in [1.807, 2.05) is 0 Å². The number of amides is 1. The summed E-state index contributed by atoms with van der Waals surface area (Å²) in [4.78, 5) is 22.4. The van der Waals surface area contributed by atoms with Crippen LogP contribution >= 0.6 is 0 Å². The maximum absolute atomic E-state index is 12.4. The van der Waals surface area contributed by atoms with E-state index in [1.165, 1.54) is 6.20 Å². The largest absolute Gasteiger partial charge is 0.393 e. The number of aromatic nitrogens is 2. The van der Waals surface area contributed by atoms with Crippen LogP contribution in [0.2, 0.25) is 0 Å². The third-order valence-corrected chi connectivity index (χ3v) is 4.22. The third kappa shape index (κ3) is 2.16. The van der Waals surface area contributed by atoms with Crippen LogP contribution in [0.1, 0.15) is 23.3 Å². The second-order valence-electron chi connectivity index (χ2n) is 5.32. The van der Waals surface area contributed by atoms with Gasteiger partial charge >= 0.3 is 0 Å². The number of likely N-dealkylation sites (tertiary alicyclic amines) is 1. The summed E-state index contributed by atoms with van der Waals surface area (Å²) in [7, 11) is 1.74. The van der Waals surface area contributed by atoms with Crippen LogP contribution in [0.15, 0.2) is 12.4 Å². The Labute approximate surface area is 111 Å². The minimum Gasteiger partial charge on any atom is -0.393 e. The van der Waals surface area contributed by atoms with Crippen molar-refractivity contribution in [2.45, 2.75) is 18.9 Å². The fraction of sp³-hybridized carbons (Fsp3) is 0.615. The van der Waals surface area contributed by atoms with E-state index in [-0.39, 0.29) is 17.9 Å². The summed E-state index contributed by atoms with van der Waals surface area (Å²) in [5, 5.41) is 12.8. The Balaban J connectivity index is 1.74. The highest BCUT2D eigenvalue weighted by atomic mass is 16.3. The molecule has 0 spiro atoms. The molecule has 2 fully saturated rings. The highest BCUT2D eigenvalue weighted by Crippen LogP contribution is 2.38. The topological polar surface area (TPSA) is 78.4 Å². The van der Waals surface area contributed by atoms with Crippen LogP contribution in [-0.2, 0) is 0 Å². The van der Waals surface area contributed by atoms with Crippen LogP contribution in [0, 0.1) is 11.8 Å². The van der Waals surface area contributed by atoms with E-state index in [0.717, 1.165) is 19.4 Å². The molecular weight excluding hydrogens is 244 g/mol. The number of nitrogens with one attached hydrogen (secondary N) is 1. The molecular formula is C13H18N4O2. The maximum Gasteiger partial charge on any atom is 0.274 e. The van der Waals surface area contributed by atoms with Gasteiger partial charge in [-0.2, -0.15) is 0 Å². The molecule has 1 saturated carbocycles. The first-order chi connectivity index (χ1) is 9.19. The Morgan fingerprint density at radius 1 is 1.42 bits per heavy atom. The van der Waals surface area contributed by atoms with Crippen molar-refractivity contribution in [1.82, 2.24) is 14.9 Å². The van der Waals surface area contributed by atoms with Gasteiger partial charge in [0.2, 0.25) is 0 Å². The van der Waals surface area contributed by atoms with Gasteiger partial charge in [-0.15, -0.1) is 0 Å². The number of hydrogen-bond donors (Lipinski definition) is 2. The fourth-order valence-corrected chi connectivity index (χ4v) is 3.15. The molecule has 6 heteroatoms. The van der Waals surface area contributed by atoms with E-state index >= 15 is 0 Å². The monoisotopic (exact) mass is 262 g/mol. The number of nitrogens with zero attached hydrogens (tertiary/aromatic N) is 3. The van der Waals surface area contributed by atoms with Crippen LogP contribution in [0.5, 0.6) is 0 Å². The van der Waals surface area contributed by atoms with Gasteiger partial charge in [0, 0.05) is 26.1 Å². The second-order valence-corrected chi connectivity index (χ2v) is 5.32. The minimum atomic E-state index is -0.252. The Bertz CT molecular complexity index is 493. The summed E-state index contributed by atoms with van der Waals surface area (Å²) < 4.78 is 0. The van der Waals surface area contributed by atoms with Crippen molar-refractivity contribution in [3.63, 3.8) is 0 Å². The van der Waals surface area contributed by atoms with Gasteiger partial charge in [0.15, 0.2) is 0 Å². The third-order valence-electron chi connectivity index (χ3n) is 4.22. The lowest BCUT2D eigenvalue weighted by atomic mass is 10.00. The Morgan fingerprint density at radius 2 is 2.26 bits per heavy atom. The van der Waals surface area contributed by atoms with Gasteiger partial charge in [0.25, 0.3) is 5.91 Å². The molecule has 0 aromatic carbocycles. The number of aliphatic hydroxyl groups excluding tert-OH is 1. The number of carbonyl (C=O) groups excluding carboxylic acids is 1. The number of fused-ring (bicyclic) bond motifs is 1. The first-order valence-electron chi connectivity index (χ1n) is 6.66. The molecule has 1 aliphatic heterocycles. The lowest BCUT2D eigenvalue weighted by Crippen LogP contribution is -2.31. The van der Waals surface area contributed by atoms with E-state index in [1.54, 1.807) is 18.1 Å². The number of rotatable bonds is 2. The predicted molar refractivity (Wildman–Crippen MR) is 69.7 cm³/mol. The van der Waals surface area contributed by atoms with E-state index in [0.29, 0.717) is 24.0 Å². The zero-order valence-corrected chi connectivity index (χ0v) is 10.9. The molecule has 1 aromatic rings. The molecule has 3 rings (SSSR count). The SMILES string of the molecule is CNc1cncc(C(=O)N2CC3CCC(O)C3C2)n1. The van der Waals surface area contributed by atoms with Crippen molar-refractivity contribution < 1.29 is 9.90 Å². The van der Waals surface area contributed by atoms with Gasteiger partial charge in [-0.25, -0.2) is 4.98 Å². The summed E-state index contributed by atoms with van der Waals surface area (Å²) in [5.74, 6) is 1.18. The maximum atomic E-state index is 12.4. The van der Waals surface area contributed by atoms with Crippen molar-refractivity contribution in [2.24, 2.45) is 11.8 Å². The van der Waals surface area contributed by atoms with Gasteiger partial charge in [0.1, 0.15) is 11.5 Å². The first kappa shape index (κ1) is 12.3. The van der Waals surface area contributed by atoms with Crippen molar-refractivity contribution in [1.29, 1.82) is 0 Å². The van der Waals surface area contributed by atoms with Gasteiger partial charge in [-0.05, 0) is 18.8 Å². The van der Waals surface area contributed by atoms with Crippen LogP contribution in [0.4, 0.5) is 5.82 Å². The molecule has 1 saturated heterocycles. The molecule has 102 valence electrons. The number of carbonyl (C=O) groups is 1. The van der Waals surface area contributed by atoms with Crippen LogP contribution in [0.3, 0.4) is 0 Å². The van der Waals surface area contributed by atoms with E-state index < -0.39 is 0 Å². The van der Waals surface area contributed by atoms with Gasteiger partial charge in [0.05, 0.1) is 18.5 Å². The Kier molecular flexibility index (Phi) is 3.10. The van der Waals surface area contributed by atoms with Crippen molar-refractivity contribution in [3.8, 4) is 0 Å². The van der Waals surface area contributed by atoms with Gasteiger partial charge in [-0.3, -0.25) is 9.78 Å². The molecule has 1 aromatic heterocycles. The molecule has 3 unspecified atom stereocenters. The first-order valence-corrected chi connectivity index (χ1v) is 6.66. The molecule has 0 bridgehead atoms. The second kappa shape index (κ2) is 4.77.